The quantitative estimate of drug-likeness (QED) is 0.142. The van der Waals surface area contributed by atoms with E-state index in [2.05, 4.69) is 89.8 Å². The predicted molar refractivity (Wildman–Crippen MR) is 183 cm³/mol. The van der Waals surface area contributed by atoms with Gasteiger partial charge in [-0.15, -0.1) is 0 Å². The average molecular weight is 614 g/mol. The molecule has 1 N–H and O–H groups in total. The number of aliphatic hydroxyl groups is 1. The fourth-order valence-electron chi connectivity index (χ4n) is 6.22. The van der Waals surface area contributed by atoms with Crippen molar-refractivity contribution in [2.75, 3.05) is 19.7 Å². The first-order valence-corrected chi connectivity index (χ1v) is 16.2. The van der Waals surface area contributed by atoms with Crippen LogP contribution in [-0.4, -0.2) is 54.1 Å². The van der Waals surface area contributed by atoms with Crippen LogP contribution in [0.25, 0.3) is 11.1 Å². The maximum absolute atomic E-state index is 10.9. The Balaban J connectivity index is 1.23. The molecule has 0 aliphatic carbocycles. The molecule has 1 saturated heterocycles. The molecule has 0 saturated carbocycles. The molecule has 1 fully saturated rings. The van der Waals surface area contributed by atoms with Gasteiger partial charge in [-0.1, -0.05) is 146 Å². The fraction of sp³-hybridized carbons (Fsp3) is 0.268. The van der Waals surface area contributed by atoms with Gasteiger partial charge in [0.25, 0.3) is 0 Å². The highest BCUT2D eigenvalue weighted by atomic mass is 16.6. The van der Waals surface area contributed by atoms with E-state index >= 15 is 0 Å². The highest BCUT2D eigenvalue weighted by Crippen LogP contribution is 2.29. The van der Waals surface area contributed by atoms with E-state index in [1.165, 1.54) is 16.7 Å². The molecule has 5 heteroatoms. The first-order valence-electron chi connectivity index (χ1n) is 16.2. The lowest BCUT2D eigenvalue weighted by atomic mass is 9.92. The van der Waals surface area contributed by atoms with Crippen molar-refractivity contribution in [1.29, 1.82) is 0 Å². The summed E-state index contributed by atoms with van der Waals surface area (Å²) < 4.78 is 20.0. The van der Waals surface area contributed by atoms with Crippen molar-refractivity contribution in [2.45, 2.75) is 50.6 Å². The molecule has 0 spiro atoms. The van der Waals surface area contributed by atoms with Gasteiger partial charge in [0.15, 0.2) is 0 Å². The third-order valence-electron chi connectivity index (χ3n) is 8.77. The number of rotatable bonds is 14. The van der Waals surface area contributed by atoms with Crippen LogP contribution in [0, 0.1) is 0 Å². The van der Waals surface area contributed by atoms with Gasteiger partial charge in [0.05, 0.1) is 38.6 Å². The first kappa shape index (κ1) is 31.9. The summed E-state index contributed by atoms with van der Waals surface area (Å²) >= 11 is 0. The molecular weight excluding hydrogens is 570 g/mol. The predicted octanol–water partition coefficient (Wildman–Crippen LogP) is 7.33. The minimum absolute atomic E-state index is 0.0387. The van der Waals surface area contributed by atoms with E-state index < -0.39 is 6.10 Å². The molecule has 5 aromatic carbocycles. The van der Waals surface area contributed by atoms with Crippen LogP contribution < -0.4 is 0 Å². The van der Waals surface area contributed by atoms with Gasteiger partial charge in [-0.2, -0.15) is 0 Å². The molecule has 1 aliphatic rings. The third kappa shape index (κ3) is 8.58. The molecule has 0 amide bonds. The average Bonchev–Trinajstić information content (AvgIpc) is 3.13. The summed E-state index contributed by atoms with van der Waals surface area (Å²) in [4.78, 5) is 2.33. The molecule has 1 heterocycles. The zero-order valence-corrected chi connectivity index (χ0v) is 26.2. The molecule has 6 rings (SSSR count). The minimum Gasteiger partial charge on any atom is -0.395 e. The third-order valence-corrected chi connectivity index (χ3v) is 8.77. The van der Waals surface area contributed by atoms with Crippen molar-refractivity contribution in [3.05, 3.63) is 168 Å². The normalized spacial score (nSPS) is 20.0. The van der Waals surface area contributed by atoms with E-state index in [1.54, 1.807) is 0 Å². The summed E-state index contributed by atoms with van der Waals surface area (Å²) in [5, 5.41) is 10.9. The Kier molecular flexibility index (Phi) is 11.4. The van der Waals surface area contributed by atoms with Crippen molar-refractivity contribution in [2.24, 2.45) is 0 Å². The highest BCUT2D eigenvalue weighted by Gasteiger charge is 2.45. The van der Waals surface area contributed by atoms with E-state index in [9.17, 15) is 5.11 Å². The molecule has 5 aromatic rings. The van der Waals surface area contributed by atoms with E-state index in [1.807, 2.05) is 60.7 Å². The molecule has 0 aromatic heterocycles. The van der Waals surface area contributed by atoms with Crippen LogP contribution in [-0.2, 0) is 40.5 Å². The second kappa shape index (κ2) is 16.5. The summed E-state index contributed by atoms with van der Waals surface area (Å²) in [5.74, 6) is 0. The summed E-state index contributed by atoms with van der Waals surface area (Å²) in [6.07, 6.45) is -0.180. The zero-order chi connectivity index (χ0) is 31.4. The second-order valence-electron chi connectivity index (χ2n) is 11.9. The van der Waals surface area contributed by atoms with Crippen LogP contribution in [0.3, 0.4) is 0 Å². The summed E-state index contributed by atoms with van der Waals surface area (Å²) in [6, 6.07) is 49.6. The Morgan fingerprint density at radius 2 is 0.957 bits per heavy atom. The number of likely N-dealkylation sites (tertiary alicyclic amines) is 1. The second-order valence-corrected chi connectivity index (χ2v) is 11.9. The van der Waals surface area contributed by atoms with Crippen LogP contribution in [0.2, 0.25) is 0 Å². The highest BCUT2D eigenvalue weighted by molar-refractivity contribution is 5.63. The van der Waals surface area contributed by atoms with Gasteiger partial charge in [-0.3, -0.25) is 4.90 Å². The van der Waals surface area contributed by atoms with Gasteiger partial charge in [-0.05, 0) is 39.8 Å². The number of nitrogens with zero attached hydrogens (tertiary/aromatic N) is 1. The molecule has 1 aliphatic heterocycles. The maximum atomic E-state index is 10.9. The van der Waals surface area contributed by atoms with Gasteiger partial charge in [0.2, 0.25) is 0 Å². The van der Waals surface area contributed by atoms with Crippen LogP contribution in [0.5, 0.6) is 0 Å². The standard InChI is InChI=1S/C41H43NO4/c43-28-38-40(45-30-34-15-7-2-8-16-34)41(46-31-35-17-9-3-10-18-35)39(44-29-33-13-5-1-6-14-33)27-42(38)26-25-32-21-23-37(24-22-32)36-19-11-4-12-20-36/h1-24,38-41,43H,25-31H2/t38-,39+,40-,41-/m1/s1. The van der Waals surface area contributed by atoms with Crippen molar-refractivity contribution in [1.82, 2.24) is 4.90 Å². The van der Waals surface area contributed by atoms with Crippen molar-refractivity contribution < 1.29 is 19.3 Å². The first-order chi connectivity index (χ1) is 22.8. The fourth-order valence-corrected chi connectivity index (χ4v) is 6.22. The lowest BCUT2D eigenvalue weighted by Gasteiger charge is -2.48. The van der Waals surface area contributed by atoms with Gasteiger partial charge >= 0.3 is 0 Å². The Bertz CT molecular complexity index is 1570. The smallest absolute Gasteiger partial charge is 0.113 e. The molecule has 236 valence electrons. The molecule has 4 atom stereocenters. The number of piperidine rings is 1. The Morgan fingerprint density at radius 1 is 0.500 bits per heavy atom. The van der Waals surface area contributed by atoms with E-state index in [0.29, 0.717) is 26.4 Å². The number of aliphatic hydroxyl groups excluding tert-OH is 1. The van der Waals surface area contributed by atoms with Crippen molar-refractivity contribution in [3.8, 4) is 11.1 Å². The van der Waals surface area contributed by atoms with Crippen LogP contribution in [0.15, 0.2) is 146 Å². The van der Waals surface area contributed by atoms with Crippen molar-refractivity contribution in [3.63, 3.8) is 0 Å². The minimum atomic E-state index is -0.399. The van der Waals surface area contributed by atoms with Crippen LogP contribution in [0.1, 0.15) is 22.3 Å². The zero-order valence-electron chi connectivity index (χ0n) is 26.2. The lowest BCUT2D eigenvalue weighted by molar-refractivity contribution is -0.207. The van der Waals surface area contributed by atoms with Crippen LogP contribution >= 0.6 is 0 Å². The monoisotopic (exact) mass is 613 g/mol. The van der Waals surface area contributed by atoms with Gasteiger partial charge in [0, 0.05) is 13.1 Å². The molecular formula is C41H43NO4. The number of hydrogen-bond acceptors (Lipinski definition) is 5. The van der Waals surface area contributed by atoms with Gasteiger partial charge < -0.3 is 19.3 Å². The summed E-state index contributed by atoms with van der Waals surface area (Å²) in [5.41, 5.74) is 6.95. The SMILES string of the molecule is OC[C@@H]1[C@@H](OCc2ccccc2)[C@H](OCc2ccccc2)[C@@H](OCc2ccccc2)CN1CCc1ccc(-c2ccccc2)cc1. The van der Waals surface area contributed by atoms with Crippen LogP contribution in [0.4, 0.5) is 0 Å². The Morgan fingerprint density at radius 3 is 1.48 bits per heavy atom. The van der Waals surface area contributed by atoms with E-state index in [0.717, 1.165) is 29.7 Å². The number of ether oxygens (including phenoxy) is 3. The van der Waals surface area contributed by atoms with E-state index in [4.69, 9.17) is 14.2 Å². The number of benzene rings is 5. The maximum Gasteiger partial charge on any atom is 0.113 e. The number of hydrogen-bond donors (Lipinski definition) is 1. The Hall–Kier alpha value is -4.10. The summed E-state index contributed by atoms with van der Waals surface area (Å²) in [7, 11) is 0. The molecule has 5 nitrogen and oxygen atoms in total. The lowest BCUT2D eigenvalue weighted by Crippen LogP contribution is -2.64. The topological polar surface area (TPSA) is 51.2 Å². The van der Waals surface area contributed by atoms with Gasteiger partial charge in [0.1, 0.15) is 12.2 Å². The largest absolute Gasteiger partial charge is 0.395 e. The summed E-state index contributed by atoms with van der Waals surface area (Å²) in [6.45, 7) is 2.69. The molecule has 0 radical (unpaired) electrons. The van der Waals surface area contributed by atoms with Gasteiger partial charge in [-0.25, -0.2) is 0 Å². The van der Waals surface area contributed by atoms with Crippen molar-refractivity contribution >= 4 is 0 Å². The molecule has 46 heavy (non-hydrogen) atoms. The Labute approximate surface area is 273 Å². The molecule has 0 unspecified atom stereocenters. The molecule has 0 bridgehead atoms. The van der Waals surface area contributed by atoms with E-state index in [-0.39, 0.29) is 24.9 Å².